The predicted molar refractivity (Wildman–Crippen MR) is 154 cm³/mol. The third-order valence-corrected chi connectivity index (χ3v) is 8.89. The number of hydrogen-bond acceptors (Lipinski definition) is 5. The van der Waals surface area contributed by atoms with Crippen LogP contribution < -0.4 is 4.90 Å². The molecule has 4 heterocycles. The van der Waals surface area contributed by atoms with Crippen molar-refractivity contribution in [1.29, 1.82) is 0 Å². The zero-order chi connectivity index (χ0) is 29.5. The van der Waals surface area contributed by atoms with Crippen molar-refractivity contribution < 1.29 is 22.7 Å². The number of aromatic nitrogens is 5. The van der Waals surface area contributed by atoms with Gasteiger partial charge in [-0.1, -0.05) is 31.2 Å². The molecule has 1 atom stereocenters. The highest BCUT2D eigenvalue weighted by molar-refractivity contribution is 6.76. The van der Waals surface area contributed by atoms with E-state index in [0.717, 1.165) is 17.7 Å². The number of hydrogen-bond donors (Lipinski definition) is 0. The molecular formula is C28H30ClF3N6O2Si. The van der Waals surface area contributed by atoms with Gasteiger partial charge in [-0.3, -0.25) is 14.5 Å². The predicted octanol–water partition coefficient (Wildman–Crippen LogP) is 7.01. The standard InChI is InChI=1S/C28H30ClF3N6O2Si/c1-18-15-37(20-7-8-22(23(29)12-20)28(30,31)32)27(39)25-21(14-34-38(18)25)24-16-36(17-40-10-11-41(2,3)4)26(35-24)19-6-5-9-33-13-19/h5-9,12-14,16,18H,10-11,15,17H2,1-4H3/t18-/m0/s1. The average Bonchev–Trinajstić information content (AvgIpc) is 3.53. The Labute approximate surface area is 241 Å². The SMILES string of the molecule is C[C@H]1CN(c2ccc(C(F)(F)F)c(Cl)c2)C(=O)c2c(-c3cn(COCC[Si](C)(C)C)c(-c4cccnc4)n3)cnn21. The molecule has 216 valence electrons. The quantitative estimate of drug-likeness (QED) is 0.160. The van der Waals surface area contributed by atoms with Crippen LogP contribution in [-0.2, 0) is 17.6 Å². The molecule has 0 unspecified atom stereocenters. The molecule has 0 aliphatic carbocycles. The summed E-state index contributed by atoms with van der Waals surface area (Å²) in [5.41, 5.74) is 1.43. The lowest BCUT2D eigenvalue weighted by Gasteiger charge is -2.32. The van der Waals surface area contributed by atoms with Gasteiger partial charge in [-0.05, 0) is 43.3 Å². The lowest BCUT2D eigenvalue weighted by molar-refractivity contribution is -0.137. The van der Waals surface area contributed by atoms with Crippen LogP contribution in [0.25, 0.3) is 22.6 Å². The second-order valence-electron chi connectivity index (χ2n) is 11.3. The zero-order valence-corrected chi connectivity index (χ0v) is 24.9. The van der Waals surface area contributed by atoms with Crippen molar-refractivity contribution in [1.82, 2.24) is 24.3 Å². The number of nitrogens with zero attached hydrogens (tertiary/aromatic N) is 6. The number of amides is 1. The molecule has 8 nitrogen and oxygen atoms in total. The van der Waals surface area contributed by atoms with Gasteiger partial charge in [0.15, 0.2) is 0 Å². The number of carbonyl (C=O) groups is 1. The number of anilines is 1. The van der Waals surface area contributed by atoms with E-state index in [4.69, 9.17) is 21.3 Å². The van der Waals surface area contributed by atoms with Crippen LogP contribution in [0.2, 0.25) is 30.7 Å². The number of carbonyl (C=O) groups excluding carboxylic acids is 1. The summed E-state index contributed by atoms with van der Waals surface area (Å²) in [7, 11) is -1.27. The van der Waals surface area contributed by atoms with Gasteiger partial charge in [0.25, 0.3) is 5.91 Å². The van der Waals surface area contributed by atoms with Gasteiger partial charge in [-0.2, -0.15) is 18.3 Å². The maximum Gasteiger partial charge on any atom is 0.417 e. The Hall–Kier alpha value is -3.48. The Balaban J connectivity index is 1.50. The van der Waals surface area contributed by atoms with Gasteiger partial charge in [0, 0.05) is 51.1 Å². The van der Waals surface area contributed by atoms with Crippen molar-refractivity contribution in [3.63, 3.8) is 0 Å². The first-order chi connectivity index (χ1) is 19.3. The van der Waals surface area contributed by atoms with E-state index in [-0.39, 0.29) is 25.0 Å². The number of imidazole rings is 1. The van der Waals surface area contributed by atoms with E-state index < -0.39 is 30.7 Å². The molecule has 13 heteroatoms. The molecule has 0 spiro atoms. The molecule has 1 aliphatic rings. The summed E-state index contributed by atoms with van der Waals surface area (Å²) in [4.78, 5) is 24.3. The molecule has 0 radical (unpaired) electrons. The van der Waals surface area contributed by atoms with Gasteiger partial charge >= 0.3 is 6.18 Å². The molecular weight excluding hydrogens is 573 g/mol. The summed E-state index contributed by atoms with van der Waals surface area (Å²) >= 11 is 5.98. The first-order valence-corrected chi connectivity index (χ1v) is 17.2. The second kappa shape index (κ2) is 11.1. The summed E-state index contributed by atoms with van der Waals surface area (Å²) in [6, 6.07) is 7.82. The molecule has 41 heavy (non-hydrogen) atoms. The van der Waals surface area contributed by atoms with Gasteiger partial charge in [0.1, 0.15) is 18.2 Å². The first-order valence-electron chi connectivity index (χ1n) is 13.2. The van der Waals surface area contributed by atoms with Crippen LogP contribution in [-0.4, -0.2) is 51.4 Å². The Morgan fingerprint density at radius 2 is 1.95 bits per heavy atom. The fourth-order valence-corrected chi connectivity index (χ4v) is 5.72. The van der Waals surface area contributed by atoms with E-state index in [1.54, 1.807) is 23.3 Å². The van der Waals surface area contributed by atoms with Crippen molar-refractivity contribution in [2.45, 2.75) is 51.6 Å². The number of ether oxygens (including phenoxy) is 1. The highest BCUT2D eigenvalue weighted by Gasteiger charge is 2.37. The van der Waals surface area contributed by atoms with Crippen molar-refractivity contribution in [3.8, 4) is 22.6 Å². The number of pyridine rings is 1. The van der Waals surface area contributed by atoms with Gasteiger partial charge in [-0.15, -0.1) is 0 Å². The smallest absolute Gasteiger partial charge is 0.361 e. The largest absolute Gasteiger partial charge is 0.417 e. The minimum Gasteiger partial charge on any atom is -0.361 e. The van der Waals surface area contributed by atoms with Crippen LogP contribution in [0.4, 0.5) is 18.9 Å². The van der Waals surface area contributed by atoms with Crippen molar-refractivity contribution in [2.75, 3.05) is 18.1 Å². The minimum absolute atomic E-state index is 0.217. The molecule has 3 aromatic heterocycles. The van der Waals surface area contributed by atoms with E-state index in [0.29, 0.717) is 29.4 Å². The van der Waals surface area contributed by atoms with Gasteiger partial charge in [-0.25, -0.2) is 4.98 Å². The van der Waals surface area contributed by atoms with Crippen LogP contribution in [0.15, 0.2) is 55.1 Å². The van der Waals surface area contributed by atoms with Crippen LogP contribution in [0, 0.1) is 0 Å². The summed E-state index contributed by atoms with van der Waals surface area (Å²) in [6.45, 7) is 9.86. The molecule has 5 rings (SSSR count). The maximum atomic E-state index is 13.8. The minimum atomic E-state index is -4.59. The topological polar surface area (TPSA) is 78.1 Å². The van der Waals surface area contributed by atoms with E-state index in [1.165, 1.54) is 17.0 Å². The number of halogens is 4. The van der Waals surface area contributed by atoms with E-state index in [2.05, 4.69) is 29.7 Å². The monoisotopic (exact) mass is 602 g/mol. The molecule has 1 aliphatic heterocycles. The van der Waals surface area contributed by atoms with Gasteiger partial charge in [0.05, 0.1) is 34.1 Å². The third-order valence-electron chi connectivity index (χ3n) is 6.88. The van der Waals surface area contributed by atoms with E-state index in [9.17, 15) is 18.0 Å². The molecule has 0 saturated carbocycles. The maximum absolute atomic E-state index is 13.8. The van der Waals surface area contributed by atoms with Gasteiger partial charge < -0.3 is 14.2 Å². The molecule has 0 fully saturated rings. The van der Waals surface area contributed by atoms with Crippen LogP contribution in [0.3, 0.4) is 0 Å². The van der Waals surface area contributed by atoms with E-state index in [1.807, 2.05) is 29.8 Å². The normalized spacial score (nSPS) is 15.9. The summed E-state index contributed by atoms with van der Waals surface area (Å²) in [5, 5.41) is 4.01. The van der Waals surface area contributed by atoms with Crippen molar-refractivity contribution in [2.24, 2.45) is 0 Å². The fraction of sp³-hybridized carbons (Fsp3) is 0.357. The number of alkyl halides is 3. The Morgan fingerprint density at radius 3 is 2.61 bits per heavy atom. The molecule has 0 saturated heterocycles. The Bertz CT molecular complexity index is 1570. The molecule has 0 bridgehead atoms. The average molecular weight is 603 g/mol. The Morgan fingerprint density at radius 1 is 1.17 bits per heavy atom. The summed E-state index contributed by atoms with van der Waals surface area (Å²) in [5.74, 6) is 0.221. The molecule has 1 amide bonds. The first kappa shape index (κ1) is 29.0. The second-order valence-corrected chi connectivity index (χ2v) is 17.3. The van der Waals surface area contributed by atoms with Crippen LogP contribution in [0.5, 0.6) is 0 Å². The van der Waals surface area contributed by atoms with Crippen molar-refractivity contribution in [3.05, 3.63) is 71.4 Å². The highest BCUT2D eigenvalue weighted by Crippen LogP contribution is 2.39. The Kier molecular flexibility index (Phi) is 7.83. The third kappa shape index (κ3) is 6.09. The molecule has 1 aromatic carbocycles. The summed E-state index contributed by atoms with van der Waals surface area (Å²) in [6.07, 6.45) is 2.21. The molecule has 4 aromatic rings. The number of benzene rings is 1. The zero-order valence-electron chi connectivity index (χ0n) is 23.1. The lowest BCUT2D eigenvalue weighted by atomic mass is 10.1. The van der Waals surface area contributed by atoms with Gasteiger partial charge in [0.2, 0.25) is 0 Å². The number of rotatable bonds is 8. The van der Waals surface area contributed by atoms with Crippen LogP contribution in [0.1, 0.15) is 29.0 Å². The molecule has 0 N–H and O–H groups in total. The summed E-state index contributed by atoms with van der Waals surface area (Å²) < 4.78 is 49.3. The lowest BCUT2D eigenvalue weighted by Crippen LogP contribution is -2.42. The van der Waals surface area contributed by atoms with Crippen molar-refractivity contribution >= 4 is 31.3 Å². The highest BCUT2D eigenvalue weighted by atomic mass is 35.5. The van der Waals surface area contributed by atoms with Crippen LogP contribution >= 0.6 is 11.6 Å². The number of fused-ring (bicyclic) bond motifs is 1. The fourth-order valence-electron chi connectivity index (χ4n) is 4.68. The van der Waals surface area contributed by atoms with E-state index >= 15 is 0 Å².